The van der Waals surface area contributed by atoms with Crippen molar-refractivity contribution >= 4 is 23.1 Å². The Kier molecular flexibility index (Phi) is 6.46. The molecule has 0 spiro atoms. The maximum absolute atomic E-state index is 14.3. The molecule has 0 unspecified atom stereocenters. The fraction of sp³-hybridized carbons (Fsp3) is 0.435. The molecule has 1 amide bonds. The van der Waals surface area contributed by atoms with Crippen LogP contribution in [0.1, 0.15) is 36.3 Å². The average molecular weight is 486 g/mol. The molecule has 1 aliphatic carbocycles. The van der Waals surface area contributed by atoms with Gasteiger partial charge in [0.1, 0.15) is 28.5 Å². The van der Waals surface area contributed by atoms with E-state index in [-0.39, 0.29) is 30.1 Å². The first-order valence-corrected chi connectivity index (χ1v) is 12.1. The van der Waals surface area contributed by atoms with Crippen LogP contribution in [0.15, 0.2) is 36.7 Å². The van der Waals surface area contributed by atoms with Crippen LogP contribution in [0.5, 0.6) is 0 Å². The van der Waals surface area contributed by atoms with Crippen molar-refractivity contribution in [2.24, 2.45) is 0 Å². The highest BCUT2D eigenvalue weighted by Gasteiger charge is 2.41. The van der Waals surface area contributed by atoms with Gasteiger partial charge in [-0.1, -0.05) is 6.42 Å². The number of alkyl halides is 1. The number of thiazole rings is 1. The summed E-state index contributed by atoms with van der Waals surface area (Å²) in [7, 11) is 0. The van der Waals surface area contributed by atoms with E-state index in [0.717, 1.165) is 24.1 Å². The normalized spacial score (nSPS) is 21.1. The van der Waals surface area contributed by atoms with Crippen LogP contribution in [0.4, 0.5) is 14.6 Å². The van der Waals surface area contributed by atoms with E-state index in [2.05, 4.69) is 36.1 Å². The minimum absolute atomic E-state index is 0.202. The third-order valence-corrected chi connectivity index (χ3v) is 7.47. The molecular formula is C23H25F2N7OS. The van der Waals surface area contributed by atoms with E-state index in [1.165, 1.54) is 17.4 Å². The fourth-order valence-corrected chi connectivity index (χ4v) is 5.19. The molecular weight excluding hydrogens is 460 g/mol. The first kappa shape index (κ1) is 22.7. The zero-order valence-corrected chi connectivity index (χ0v) is 19.2. The average Bonchev–Trinajstić information content (AvgIpc) is 3.47. The standard InChI is InChI=1S/C23H25F2N7OS/c24-14-9-18(27-10-14)21(33)28-11-15-12-29-22(34-15)17-4-5-19(32-31-17)30-13-23(6-2-7-23)20-16(25)3-1-8-26-20/h1,3-5,8,12,14,18,27H,2,6-7,9-11,13H2,(H,28,33)(H,30,32)/t14-,18-/m1/s1. The summed E-state index contributed by atoms with van der Waals surface area (Å²) in [4.78, 5) is 21.7. The molecule has 3 aromatic rings. The van der Waals surface area contributed by atoms with Crippen molar-refractivity contribution in [1.82, 2.24) is 30.8 Å². The Balaban J connectivity index is 1.17. The van der Waals surface area contributed by atoms with Gasteiger partial charge in [-0.3, -0.25) is 9.78 Å². The molecule has 0 aromatic carbocycles. The van der Waals surface area contributed by atoms with Gasteiger partial charge >= 0.3 is 0 Å². The second-order valence-corrected chi connectivity index (χ2v) is 9.88. The fourth-order valence-electron chi connectivity index (χ4n) is 4.37. The highest BCUT2D eigenvalue weighted by atomic mass is 32.1. The molecule has 3 N–H and O–H groups in total. The minimum atomic E-state index is -0.975. The number of pyridine rings is 1. The predicted octanol–water partition coefficient (Wildman–Crippen LogP) is 2.98. The molecule has 1 saturated heterocycles. The summed E-state index contributed by atoms with van der Waals surface area (Å²) < 4.78 is 27.6. The molecule has 2 fully saturated rings. The molecule has 5 rings (SSSR count). The molecule has 0 bridgehead atoms. The molecule has 34 heavy (non-hydrogen) atoms. The van der Waals surface area contributed by atoms with Gasteiger partial charge in [-0.25, -0.2) is 13.8 Å². The maximum atomic E-state index is 14.3. The highest BCUT2D eigenvalue weighted by Crippen LogP contribution is 2.43. The first-order chi connectivity index (χ1) is 16.5. The third kappa shape index (κ3) is 4.76. The zero-order chi connectivity index (χ0) is 23.5. The van der Waals surface area contributed by atoms with Crippen molar-refractivity contribution in [1.29, 1.82) is 0 Å². The van der Waals surface area contributed by atoms with E-state index in [1.54, 1.807) is 18.5 Å². The quantitative estimate of drug-likeness (QED) is 0.451. The van der Waals surface area contributed by atoms with Crippen LogP contribution in [0, 0.1) is 5.82 Å². The number of carbonyl (C=O) groups is 1. The number of aromatic nitrogens is 4. The van der Waals surface area contributed by atoms with E-state index in [4.69, 9.17) is 0 Å². The van der Waals surface area contributed by atoms with Crippen molar-refractivity contribution in [2.75, 3.05) is 18.4 Å². The summed E-state index contributed by atoms with van der Waals surface area (Å²) in [6, 6.07) is 6.23. The first-order valence-electron chi connectivity index (χ1n) is 11.3. The van der Waals surface area contributed by atoms with Gasteiger partial charge in [0.15, 0.2) is 0 Å². The van der Waals surface area contributed by atoms with Crippen LogP contribution in [-0.4, -0.2) is 51.4 Å². The SMILES string of the molecule is O=C(NCc1cnc(-c2ccc(NCC3(c4ncccc4F)CCC3)nn2)s1)[C@H]1C[C@@H](F)CN1. The van der Waals surface area contributed by atoms with Crippen molar-refractivity contribution < 1.29 is 13.6 Å². The second-order valence-electron chi connectivity index (χ2n) is 8.77. The van der Waals surface area contributed by atoms with Gasteiger partial charge in [0, 0.05) is 42.2 Å². The smallest absolute Gasteiger partial charge is 0.237 e. The Hall–Kier alpha value is -3.05. The Morgan fingerprint density at radius 1 is 1.24 bits per heavy atom. The van der Waals surface area contributed by atoms with Crippen LogP contribution in [0.3, 0.4) is 0 Å². The number of nitrogens with zero attached hydrogens (tertiary/aromatic N) is 4. The number of rotatable bonds is 8. The number of hydrogen-bond donors (Lipinski definition) is 3. The Morgan fingerprint density at radius 3 is 2.79 bits per heavy atom. The minimum Gasteiger partial charge on any atom is -0.368 e. The number of anilines is 1. The molecule has 2 atom stereocenters. The molecule has 1 aliphatic heterocycles. The van der Waals surface area contributed by atoms with E-state index in [9.17, 15) is 13.6 Å². The van der Waals surface area contributed by atoms with Gasteiger partial charge in [0.25, 0.3) is 0 Å². The second kappa shape index (κ2) is 9.67. The summed E-state index contributed by atoms with van der Waals surface area (Å²) >= 11 is 1.41. The number of nitrogens with one attached hydrogen (secondary N) is 3. The Bertz CT molecular complexity index is 1150. The van der Waals surface area contributed by atoms with E-state index < -0.39 is 12.2 Å². The molecule has 4 heterocycles. The number of amides is 1. The summed E-state index contributed by atoms with van der Waals surface area (Å²) in [5.74, 6) is 0.123. The van der Waals surface area contributed by atoms with Crippen molar-refractivity contribution in [3.8, 4) is 10.7 Å². The van der Waals surface area contributed by atoms with Gasteiger partial charge in [0.2, 0.25) is 5.91 Å². The van der Waals surface area contributed by atoms with Gasteiger partial charge in [-0.2, -0.15) is 0 Å². The number of hydrogen-bond acceptors (Lipinski definition) is 8. The summed E-state index contributed by atoms with van der Waals surface area (Å²) in [6.07, 6.45) is 5.35. The lowest BCUT2D eigenvalue weighted by Crippen LogP contribution is -2.42. The molecule has 2 aliphatic rings. The van der Waals surface area contributed by atoms with Crippen molar-refractivity contribution in [3.05, 3.63) is 53.0 Å². The molecule has 3 aromatic heterocycles. The number of carbonyl (C=O) groups excluding carboxylic acids is 1. The van der Waals surface area contributed by atoms with Gasteiger partial charge in [-0.05, 0) is 37.1 Å². The van der Waals surface area contributed by atoms with Gasteiger partial charge in [0.05, 0.1) is 18.3 Å². The van der Waals surface area contributed by atoms with Crippen LogP contribution in [0.25, 0.3) is 10.7 Å². The van der Waals surface area contributed by atoms with Crippen molar-refractivity contribution in [2.45, 2.75) is 49.9 Å². The molecule has 8 nitrogen and oxygen atoms in total. The monoisotopic (exact) mass is 485 g/mol. The molecule has 0 radical (unpaired) electrons. The largest absolute Gasteiger partial charge is 0.368 e. The van der Waals surface area contributed by atoms with Crippen LogP contribution >= 0.6 is 11.3 Å². The van der Waals surface area contributed by atoms with Crippen LogP contribution < -0.4 is 16.0 Å². The maximum Gasteiger partial charge on any atom is 0.237 e. The zero-order valence-electron chi connectivity index (χ0n) is 18.4. The van der Waals surface area contributed by atoms with Gasteiger partial charge in [-0.15, -0.1) is 21.5 Å². The topological polar surface area (TPSA) is 105 Å². The predicted molar refractivity (Wildman–Crippen MR) is 125 cm³/mol. The van der Waals surface area contributed by atoms with Crippen molar-refractivity contribution in [3.63, 3.8) is 0 Å². The number of halogens is 2. The highest BCUT2D eigenvalue weighted by molar-refractivity contribution is 7.15. The van der Waals surface area contributed by atoms with Gasteiger partial charge < -0.3 is 16.0 Å². The lowest BCUT2D eigenvalue weighted by molar-refractivity contribution is -0.123. The molecule has 1 saturated carbocycles. The lowest BCUT2D eigenvalue weighted by Gasteiger charge is -2.41. The van der Waals surface area contributed by atoms with E-state index in [1.807, 2.05) is 12.1 Å². The lowest BCUT2D eigenvalue weighted by atomic mass is 9.66. The Morgan fingerprint density at radius 2 is 2.12 bits per heavy atom. The third-order valence-electron chi connectivity index (χ3n) is 6.45. The van der Waals surface area contributed by atoms with Crippen LogP contribution in [-0.2, 0) is 16.8 Å². The molecule has 11 heteroatoms. The van der Waals surface area contributed by atoms with E-state index >= 15 is 0 Å². The Labute approximate surface area is 199 Å². The molecule has 178 valence electrons. The summed E-state index contributed by atoms with van der Waals surface area (Å²) in [5, 5.41) is 18.2. The summed E-state index contributed by atoms with van der Waals surface area (Å²) in [5.41, 5.74) is 0.813. The van der Waals surface area contributed by atoms with E-state index in [0.29, 0.717) is 35.3 Å². The van der Waals surface area contributed by atoms with Crippen LogP contribution in [0.2, 0.25) is 0 Å². The summed E-state index contributed by atoms with van der Waals surface area (Å²) in [6.45, 7) is 1.08.